The number of hydrogen-bond donors (Lipinski definition) is 2. The zero-order valence-electron chi connectivity index (χ0n) is 26.1. The highest BCUT2D eigenvalue weighted by molar-refractivity contribution is 7.92. The normalized spacial score (nSPS) is 11.7. The maximum Gasteiger partial charge on any atom is 0.261 e. The van der Waals surface area contributed by atoms with Crippen molar-refractivity contribution in [1.29, 1.82) is 0 Å². The molecule has 5 aromatic rings. The number of hydrogen-bond acceptors (Lipinski definition) is 5. The fraction of sp³-hybridized carbons (Fsp3) is 0.135. The number of amides is 2. The first-order valence-electron chi connectivity index (χ1n) is 15.2. The van der Waals surface area contributed by atoms with E-state index in [0.29, 0.717) is 10.6 Å². The molecule has 49 heavy (non-hydrogen) atoms. The Labute approximate surface area is 288 Å². The van der Waals surface area contributed by atoms with Crippen molar-refractivity contribution in [3.63, 3.8) is 0 Å². The summed E-state index contributed by atoms with van der Waals surface area (Å²) in [5.41, 5.74) is 2.42. The van der Waals surface area contributed by atoms with E-state index in [1.807, 2.05) is 30.3 Å². The molecule has 0 heterocycles. The van der Waals surface area contributed by atoms with Crippen LogP contribution in [-0.2, 0) is 39.1 Å². The van der Waals surface area contributed by atoms with Crippen molar-refractivity contribution in [2.75, 3.05) is 11.3 Å². The van der Waals surface area contributed by atoms with Crippen molar-refractivity contribution >= 4 is 39.1 Å². The Bertz CT molecular complexity index is 1960. The third-order valence-corrected chi connectivity index (χ3v) is 9.16. The van der Waals surface area contributed by atoms with Gasteiger partial charge in [0.25, 0.3) is 15.9 Å². The van der Waals surface area contributed by atoms with Gasteiger partial charge in [-0.3, -0.25) is 14.3 Å². The summed E-state index contributed by atoms with van der Waals surface area (Å²) in [4.78, 5) is 29.0. The Kier molecular flexibility index (Phi) is 11.6. The van der Waals surface area contributed by atoms with Crippen LogP contribution in [0.5, 0.6) is 5.75 Å². The molecule has 2 amide bonds. The van der Waals surface area contributed by atoms with Crippen LogP contribution in [0.4, 0.5) is 14.5 Å². The van der Waals surface area contributed by atoms with Gasteiger partial charge in [0.05, 0.1) is 4.90 Å². The van der Waals surface area contributed by atoms with Crippen molar-refractivity contribution < 1.29 is 31.5 Å². The molecule has 8 nitrogen and oxygen atoms in total. The van der Waals surface area contributed by atoms with Crippen molar-refractivity contribution in [2.24, 2.45) is 0 Å². The number of ether oxygens (including phenoxy) is 1. The monoisotopic (exact) mass is 703 g/mol. The highest BCUT2D eigenvalue weighted by Gasteiger charge is 2.31. The van der Waals surface area contributed by atoms with Gasteiger partial charge in [0.1, 0.15) is 23.4 Å². The topological polar surface area (TPSA) is 105 Å². The average Bonchev–Trinajstić information content (AvgIpc) is 3.10. The number of carbonyl (C=O) groups excluding carboxylic acids is 2. The molecule has 0 bridgehead atoms. The zero-order chi connectivity index (χ0) is 34.8. The Balaban J connectivity index is 1.34. The molecule has 0 spiro atoms. The molecule has 5 aromatic carbocycles. The second-order valence-corrected chi connectivity index (χ2v) is 13.2. The first-order valence-corrected chi connectivity index (χ1v) is 17.0. The molecule has 0 aliphatic carbocycles. The number of halogens is 3. The Hall–Kier alpha value is -5.26. The predicted octanol–water partition coefficient (Wildman–Crippen LogP) is 6.75. The highest BCUT2D eigenvalue weighted by Crippen LogP contribution is 2.21. The van der Waals surface area contributed by atoms with E-state index in [0.717, 1.165) is 23.3 Å². The summed E-state index contributed by atoms with van der Waals surface area (Å²) in [5.74, 6) is -1.66. The Morgan fingerprint density at radius 2 is 1.33 bits per heavy atom. The molecule has 0 aliphatic rings. The van der Waals surface area contributed by atoms with E-state index in [4.69, 9.17) is 16.3 Å². The number of carbonyl (C=O) groups is 2. The van der Waals surface area contributed by atoms with Gasteiger partial charge in [-0.05, 0) is 89.5 Å². The van der Waals surface area contributed by atoms with E-state index in [-0.39, 0.29) is 35.8 Å². The smallest absolute Gasteiger partial charge is 0.261 e. The van der Waals surface area contributed by atoms with E-state index >= 15 is 0 Å². The van der Waals surface area contributed by atoms with Gasteiger partial charge >= 0.3 is 0 Å². The van der Waals surface area contributed by atoms with Crippen LogP contribution in [0.1, 0.15) is 16.7 Å². The SMILES string of the molecule is O=C(NCc1ccc(Cl)cc1)[C@H](Cc1ccccc1)N(Cc1ccc(F)cc1)C(=O)COc1ccc(S(=O)(=O)Nc2ccc(F)cc2)cc1. The molecule has 0 fully saturated rings. The van der Waals surface area contributed by atoms with E-state index in [9.17, 15) is 26.8 Å². The largest absolute Gasteiger partial charge is 0.484 e. The number of sulfonamides is 1. The summed E-state index contributed by atoms with van der Waals surface area (Å²) in [5, 5.41) is 3.49. The van der Waals surface area contributed by atoms with Gasteiger partial charge in [-0.1, -0.05) is 66.2 Å². The number of rotatable bonds is 14. The van der Waals surface area contributed by atoms with Gasteiger partial charge < -0.3 is 15.0 Å². The van der Waals surface area contributed by atoms with Gasteiger partial charge in [-0.2, -0.15) is 0 Å². The molecule has 0 saturated heterocycles. The molecule has 0 radical (unpaired) electrons. The second kappa shape index (κ2) is 16.2. The lowest BCUT2D eigenvalue weighted by Gasteiger charge is -2.31. The van der Waals surface area contributed by atoms with Gasteiger partial charge in [0, 0.05) is 30.2 Å². The lowest BCUT2D eigenvalue weighted by atomic mass is 10.0. The quantitative estimate of drug-likeness (QED) is 0.133. The third kappa shape index (κ3) is 10.1. The van der Waals surface area contributed by atoms with E-state index in [1.54, 1.807) is 36.4 Å². The standard InChI is InChI=1S/C37H32ClF2N3O5S/c38-29-10-6-27(7-11-29)23-41-37(45)35(22-26-4-2-1-3-5-26)43(24-28-8-12-30(39)13-9-28)36(44)25-48-33-18-20-34(21-19-33)49(46,47)42-32-16-14-31(40)15-17-32/h1-21,35,42H,22-25H2,(H,41,45)/t35-/m0/s1. The van der Waals surface area contributed by atoms with Gasteiger partial charge in [-0.25, -0.2) is 17.2 Å². The van der Waals surface area contributed by atoms with Gasteiger partial charge in [0.2, 0.25) is 5.91 Å². The first-order chi connectivity index (χ1) is 23.6. The minimum atomic E-state index is -3.98. The molecule has 0 unspecified atom stereocenters. The summed E-state index contributed by atoms with van der Waals surface area (Å²) in [6, 6.07) is 31.2. The molecule has 0 aliphatic heterocycles. The predicted molar refractivity (Wildman–Crippen MR) is 183 cm³/mol. The molecule has 1 atom stereocenters. The van der Waals surface area contributed by atoms with Crippen LogP contribution in [0, 0.1) is 11.6 Å². The molecule has 252 valence electrons. The van der Waals surface area contributed by atoms with Crippen LogP contribution in [0.3, 0.4) is 0 Å². The summed E-state index contributed by atoms with van der Waals surface area (Å²) in [6.07, 6.45) is 0.188. The van der Waals surface area contributed by atoms with Crippen molar-refractivity contribution in [3.05, 3.63) is 161 Å². The van der Waals surface area contributed by atoms with E-state index in [2.05, 4.69) is 10.0 Å². The Morgan fingerprint density at radius 1 is 0.735 bits per heavy atom. The lowest BCUT2D eigenvalue weighted by Crippen LogP contribution is -2.51. The van der Waals surface area contributed by atoms with Crippen molar-refractivity contribution in [3.8, 4) is 5.75 Å². The summed E-state index contributed by atoms with van der Waals surface area (Å²) < 4.78 is 60.8. The number of anilines is 1. The van der Waals surface area contributed by atoms with Gasteiger partial charge in [-0.15, -0.1) is 0 Å². The molecule has 12 heteroatoms. The molecule has 0 aromatic heterocycles. The second-order valence-electron chi connectivity index (χ2n) is 11.1. The molecular formula is C37H32ClF2N3O5S. The fourth-order valence-corrected chi connectivity index (χ4v) is 6.11. The molecule has 2 N–H and O–H groups in total. The van der Waals surface area contributed by atoms with Crippen LogP contribution in [-0.4, -0.2) is 37.8 Å². The van der Waals surface area contributed by atoms with Crippen LogP contribution < -0.4 is 14.8 Å². The van der Waals surface area contributed by atoms with E-state index in [1.165, 1.54) is 53.4 Å². The lowest BCUT2D eigenvalue weighted by molar-refractivity contribution is -0.142. The van der Waals surface area contributed by atoms with Crippen LogP contribution in [0.25, 0.3) is 0 Å². The van der Waals surface area contributed by atoms with Gasteiger partial charge in [0.15, 0.2) is 6.61 Å². The summed E-state index contributed by atoms with van der Waals surface area (Å²) in [7, 11) is -3.98. The number of nitrogens with one attached hydrogen (secondary N) is 2. The van der Waals surface area contributed by atoms with E-state index < -0.39 is 46.1 Å². The molecule has 5 rings (SSSR count). The third-order valence-electron chi connectivity index (χ3n) is 7.51. The minimum absolute atomic E-state index is 0.0133. The number of nitrogens with zero attached hydrogens (tertiary/aromatic N) is 1. The molecular weight excluding hydrogens is 672 g/mol. The highest BCUT2D eigenvalue weighted by atomic mass is 35.5. The fourth-order valence-electron chi connectivity index (χ4n) is 4.92. The number of benzene rings is 5. The van der Waals surface area contributed by atoms with Crippen molar-refractivity contribution in [1.82, 2.24) is 10.2 Å². The maximum atomic E-state index is 13.9. The maximum absolute atomic E-state index is 13.9. The van der Waals surface area contributed by atoms with Crippen molar-refractivity contribution in [2.45, 2.75) is 30.4 Å². The Morgan fingerprint density at radius 3 is 1.96 bits per heavy atom. The van der Waals surface area contributed by atoms with Crippen LogP contribution in [0.2, 0.25) is 5.02 Å². The van der Waals surface area contributed by atoms with Crippen LogP contribution >= 0.6 is 11.6 Å². The first kappa shape index (κ1) is 35.1. The average molecular weight is 704 g/mol. The summed E-state index contributed by atoms with van der Waals surface area (Å²) in [6.45, 7) is -0.293. The zero-order valence-corrected chi connectivity index (χ0v) is 27.6. The summed E-state index contributed by atoms with van der Waals surface area (Å²) >= 11 is 6.01. The van der Waals surface area contributed by atoms with Crippen LogP contribution in [0.15, 0.2) is 132 Å². The minimum Gasteiger partial charge on any atom is -0.484 e. The molecule has 0 saturated carbocycles.